The fourth-order valence-electron chi connectivity index (χ4n) is 1.45. The molecule has 0 saturated carbocycles. The maximum Gasteiger partial charge on any atom is 0.127 e. The van der Waals surface area contributed by atoms with Crippen LogP contribution in [0.2, 0.25) is 5.02 Å². The van der Waals surface area contributed by atoms with Gasteiger partial charge in [-0.2, -0.15) is 0 Å². The van der Waals surface area contributed by atoms with Gasteiger partial charge in [0.15, 0.2) is 0 Å². The van der Waals surface area contributed by atoms with E-state index in [1.807, 2.05) is 6.07 Å². The zero-order chi connectivity index (χ0) is 11.5. The van der Waals surface area contributed by atoms with E-state index in [1.54, 1.807) is 25.3 Å². The van der Waals surface area contributed by atoms with Crippen molar-refractivity contribution in [3.63, 3.8) is 0 Å². The third-order valence-electron chi connectivity index (χ3n) is 2.24. The van der Waals surface area contributed by atoms with Crippen LogP contribution < -0.4 is 4.74 Å². The van der Waals surface area contributed by atoms with Crippen molar-refractivity contribution in [3.8, 4) is 16.9 Å². The molecule has 0 amide bonds. The van der Waals surface area contributed by atoms with Crippen molar-refractivity contribution in [2.45, 2.75) is 0 Å². The lowest BCUT2D eigenvalue weighted by Crippen LogP contribution is -1.85. The highest BCUT2D eigenvalue weighted by Gasteiger charge is 2.05. The Kier molecular flexibility index (Phi) is 3.11. The van der Waals surface area contributed by atoms with Crippen LogP contribution in [0.25, 0.3) is 11.1 Å². The third-order valence-corrected chi connectivity index (χ3v) is 2.55. The summed E-state index contributed by atoms with van der Waals surface area (Å²) < 4.78 is 18.0. The zero-order valence-corrected chi connectivity index (χ0v) is 9.38. The van der Waals surface area contributed by atoms with Crippen molar-refractivity contribution in [2.75, 3.05) is 7.11 Å². The first-order valence-electron chi connectivity index (χ1n) is 4.72. The average Bonchev–Trinajstić information content (AvgIpc) is 2.29. The fourth-order valence-corrected chi connectivity index (χ4v) is 1.73. The first-order valence-corrected chi connectivity index (χ1v) is 5.09. The quantitative estimate of drug-likeness (QED) is 0.766. The Balaban J connectivity index is 2.49. The van der Waals surface area contributed by atoms with Gasteiger partial charge in [0, 0.05) is 11.6 Å². The highest BCUT2D eigenvalue weighted by Crippen LogP contribution is 2.30. The van der Waals surface area contributed by atoms with Gasteiger partial charge in [0.2, 0.25) is 0 Å². The Hall–Kier alpha value is -1.54. The fraction of sp³-hybridized carbons (Fsp3) is 0.0769. The van der Waals surface area contributed by atoms with Crippen LogP contribution in [-0.2, 0) is 0 Å². The number of ether oxygens (including phenoxy) is 1. The predicted molar refractivity (Wildman–Crippen MR) is 62.2 cm³/mol. The molecule has 0 saturated heterocycles. The maximum atomic E-state index is 12.9. The molecule has 0 atom stereocenters. The molecule has 0 aliphatic heterocycles. The van der Waals surface area contributed by atoms with Crippen LogP contribution in [-0.4, -0.2) is 7.11 Å². The second kappa shape index (κ2) is 4.54. The molecule has 0 spiro atoms. The number of halogens is 2. The largest absolute Gasteiger partial charge is 0.496 e. The van der Waals surface area contributed by atoms with E-state index < -0.39 is 0 Å². The molecule has 81 valence electrons. The first kappa shape index (κ1) is 11.0. The van der Waals surface area contributed by atoms with Crippen LogP contribution in [0.4, 0.5) is 4.39 Å². The Bertz CT molecular complexity index is 511. The summed E-state index contributed by atoms with van der Waals surface area (Å²) in [4.78, 5) is 0. The molecule has 0 aliphatic carbocycles. The first-order chi connectivity index (χ1) is 7.70. The maximum absolute atomic E-state index is 12.9. The summed E-state index contributed by atoms with van der Waals surface area (Å²) in [6.07, 6.45) is 0. The van der Waals surface area contributed by atoms with Crippen molar-refractivity contribution in [3.05, 3.63) is 53.3 Å². The molecule has 0 bridgehead atoms. The summed E-state index contributed by atoms with van der Waals surface area (Å²) in [7, 11) is 1.57. The summed E-state index contributed by atoms with van der Waals surface area (Å²) in [6.45, 7) is 0. The minimum absolute atomic E-state index is 0.344. The third kappa shape index (κ3) is 2.17. The van der Waals surface area contributed by atoms with Gasteiger partial charge in [0.05, 0.1) is 12.1 Å². The number of hydrogen-bond donors (Lipinski definition) is 0. The minimum atomic E-state index is -0.344. The van der Waals surface area contributed by atoms with Gasteiger partial charge in [-0.25, -0.2) is 4.39 Å². The molecule has 3 heteroatoms. The van der Waals surface area contributed by atoms with Crippen molar-refractivity contribution >= 4 is 11.6 Å². The molecule has 2 rings (SSSR count). The van der Waals surface area contributed by atoms with Gasteiger partial charge >= 0.3 is 0 Å². The molecule has 0 aliphatic rings. The average molecular weight is 236 g/mol. The van der Waals surface area contributed by atoms with Crippen LogP contribution >= 0.6 is 11.6 Å². The normalized spacial score (nSPS) is 10.2. The van der Waals surface area contributed by atoms with E-state index in [4.69, 9.17) is 16.3 Å². The topological polar surface area (TPSA) is 9.23 Å². The molecule has 2 aromatic carbocycles. The predicted octanol–water partition coefficient (Wildman–Crippen LogP) is 3.95. The number of methoxy groups -OCH3 is 1. The zero-order valence-electron chi connectivity index (χ0n) is 8.63. The molecule has 1 radical (unpaired) electrons. The molecule has 0 fully saturated rings. The van der Waals surface area contributed by atoms with E-state index in [2.05, 4.69) is 6.07 Å². The number of hydrogen-bond acceptors (Lipinski definition) is 1. The van der Waals surface area contributed by atoms with Gasteiger partial charge < -0.3 is 4.74 Å². The lowest BCUT2D eigenvalue weighted by atomic mass is 10.1. The van der Waals surface area contributed by atoms with Crippen LogP contribution in [0.15, 0.2) is 36.4 Å². The van der Waals surface area contributed by atoms with E-state index in [0.29, 0.717) is 10.8 Å². The van der Waals surface area contributed by atoms with Crippen molar-refractivity contribution in [1.82, 2.24) is 0 Å². The second-order valence-electron chi connectivity index (χ2n) is 3.27. The van der Waals surface area contributed by atoms with Crippen LogP contribution in [0, 0.1) is 11.9 Å². The summed E-state index contributed by atoms with van der Waals surface area (Å²) in [5.41, 5.74) is 1.65. The van der Waals surface area contributed by atoms with E-state index in [-0.39, 0.29) is 5.82 Å². The van der Waals surface area contributed by atoms with Gasteiger partial charge in [-0.05, 0) is 35.9 Å². The van der Waals surface area contributed by atoms with Gasteiger partial charge in [-0.15, -0.1) is 0 Å². The highest BCUT2D eigenvalue weighted by molar-refractivity contribution is 6.33. The molecule has 16 heavy (non-hydrogen) atoms. The highest BCUT2D eigenvalue weighted by atomic mass is 35.5. The van der Waals surface area contributed by atoms with Crippen LogP contribution in [0.5, 0.6) is 5.75 Å². The lowest BCUT2D eigenvalue weighted by Gasteiger charge is -2.06. The molecule has 2 aromatic rings. The molecule has 1 nitrogen and oxygen atoms in total. The van der Waals surface area contributed by atoms with Crippen LogP contribution in [0.3, 0.4) is 0 Å². The second-order valence-corrected chi connectivity index (χ2v) is 3.68. The molecule has 0 aromatic heterocycles. The Morgan fingerprint density at radius 3 is 2.75 bits per heavy atom. The molecular weight excluding hydrogens is 227 g/mol. The van der Waals surface area contributed by atoms with Gasteiger partial charge in [-0.3, -0.25) is 0 Å². The van der Waals surface area contributed by atoms with Gasteiger partial charge in [0.1, 0.15) is 11.6 Å². The smallest absolute Gasteiger partial charge is 0.127 e. The van der Waals surface area contributed by atoms with Crippen LogP contribution in [0.1, 0.15) is 0 Å². The van der Waals surface area contributed by atoms with Crippen molar-refractivity contribution < 1.29 is 9.13 Å². The van der Waals surface area contributed by atoms with Crippen molar-refractivity contribution in [1.29, 1.82) is 0 Å². The minimum Gasteiger partial charge on any atom is -0.496 e. The van der Waals surface area contributed by atoms with Gasteiger partial charge in [0.25, 0.3) is 0 Å². The standard InChI is InChI=1S/C13H9ClFO/c1-16-11-4-2-3-9(7-11)12-6-5-10(15)8-13(12)14/h2-3,5-8H,1H3. The Labute approximate surface area is 98.4 Å². The van der Waals surface area contributed by atoms with E-state index >= 15 is 0 Å². The molecule has 0 heterocycles. The van der Waals surface area contributed by atoms with E-state index in [1.165, 1.54) is 12.1 Å². The molecular formula is C13H9ClFO. The SMILES string of the molecule is COc1[c]ccc(-c2ccc(F)cc2Cl)c1. The Morgan fingerprint density at radius 2 is 2.06 bits per heavy atom. The lowest BCUT2D eigenvalue weighted by molar-refractivity contribution is 0.414. The van der Waals surface area contributed by atoms with Gasteiger partial charge in [-0.1, -0.05) is 17.7 Å². The molecule has 0 unspecified atom stereocenters. The molecule has 0 N–H and O–H groups in total. The Morgan fingerprint density at radius 1 is 1.25 bits per heavy atom. The van der Waals surface area contributed by atoms with Crippen molar-refractivity contribution in [2.24, 2.45) is 0 Å². The summed E-state index contributed by atoms with van der Waals surface area (Å²) in [6, 6.07) is 12.6. The number of benzene rings is 2. The summed E-state index contributed by atoms with van der Waals surface area (Å²) in [5.74, 6) is 0.279. The summed E-state index contributed by atoms with van der Waals surface area (Å²) >= 11 is 5.97. The number of rotatable bonds is 2. The van der Waals surface area contributed by atoms with E-state index in [0.717, 1.165) is 11.1 Å². The summed E-state index contributed by atoms with van der Waals surface area (Å²) in [5, 5.41) is 0.383. The monoisotopic (exact) mass is 235 g/mol. The van der Waals surface area contributed by atoms with E-state index in [9.17, 15) is 4.39 Å².